The van der Waals surface area contributed by atoms with E-state index in [9.17, 15) is 0 Å². The van der Waals surface area contributed by atoms with Crippen molar-refractivity contribution in [2.45, 2.75) is 63.5 Å². The molecule has 2 atom stereocenters. The summed E-state index contributed by atoms with van der Waals surface area (Å²) in [6.45, 7) is 2.52. The Bertz CT molecular complexity index is 1340. The number of nitrogens with zero attached hydrogens (tertiary/aromatic N) is 2. The van der Waals surface area contributed by atoms with Crippen molar-refractivity contribution in [3.63, 3.8) is 0 Å². The van der Waals surface area contributed by atoms with Crippen LogP contribution in [0.1, 0.15) is 62.6 Å². The first kappa shape index (κ1) is 29.2. The highest BCUT2D eigenvalue weighted by atomic mass is 19.3. The molecule has 0 radical (unpaired) electrons. The van der Waals surface area contributed by atoms with Crippen LogP contribution in [-0.2, 0) is 15.4 Å². The molecule has 41 heavy (non-hydrogen) atoms. The summed E-state index contributed by atoms with van der Waals surface area (Å²) in [5, 5.41) is 13.1. The van der Waals surface area contributed by atoms with Gasteiger partial charge in [-0.2, -0.15) is 8.78 Å². The van der Waals surface area contributed by atoms with Crippen molar-refractivity contribution in [3.05, 3.63) is 47.3 Å². The Morgan fingerprint density at radius 2 is 1.73 bits per heavy atom. The van der Waals surface area contributed by atoms with Gasteiger partial charge in [-0.1, -0.05) is 31.4 Å². The molecule has 8 nitrogen and oxygen atoms in total. The van der Waals surface area contributed by atoms with E-state index in [-0.39, 0.29) is 18.3 Å². The van der Waals surface area contributed by atoms with Crippen LogP contribution in [0.25, 0.3) is 10.8 Å². The Kier molecular flexibility index (Phi) is 9.34. The standard InChI is InChI=1S/C30H36F3N3O5/c1-19-21-9-8-10-24(27(21)31)30(32,33)18-39-12-6-4-3-5-7-13-40-29-23-16-25(37-2)26(41-20-11-14-38-17-20)15-22(23)28(34-19)35-36-29/h8-10,15-16,19-20H,3-7,11-14,17-18H2,1-2H3,(H,34,35)/t19-,20?/m1/s1. The monoisotopic (exact) mass is 575 g/mol. The number of aromatic nitrogens is 2. The van der Waals surface area contributed by atoms with E-state index in [0.717, 1.165) is 38.2 Å². The minimum Gasteiger partial charge on any atom is -0.493 e. The molecule has 1 unspecified atom stereocenters. The molecule has 1 fully saturated rings. The summed E-state index contributed by atoms with van der Waals surface area (Å²) in [5.74, 6) is -2.81. The van der Waals surface area contributed by atoms with E-state index in [1.54, 1.807) is 26.2 Å². The van der Waals surface area contributed by atoms with Gasteiger partial charge in [0.25, 0.3) is 5.92 Å². The zero-order valence-corrected chi connectivity index (χ0v) is 23.4. The smallest absolute Gasteiger partial charge is 0.298 e. The molecule has 0 saturated carbocycles. The number of hydrogen-bond donors (Lipinski definition) is 1. The molecule has 5 rings (SSSR count). The molecule has 2 aromatic carbocycles. The van der Waals surface area contributed by atoms with Gasteiger partial charge < -0.3 is 29.0 Å². The van der Waals surface area contributed by atoms with Crippen LogP contribution in [0.4, 0.5) is 19.0 Å². The molecule has 11 heteroatoms. The van der Waals surface area contributed by atoms with Crippen LogP contribution < -0.4 is 19.5 Å². The van der Waals surface area contributed by atoms with Crippen molar-refractivity contribution < 1.29 is 36.9 Å². The average molecular weight is 576 g/mol. The number of ether oxygens (including phenoxy) is 5. The zero-order valence-electron chi connectivity index (χ0n) is 23.4. The van der Waals surface area contributed by atoms with Gasteiger partial charge in [-0.05, 0) is 38.0 Å². The third-order valence-corrected chi connectivity index (χ3v) is 7.41. The van der Waals surface area contributed by atoms with Gasteiger partial charge in [0.1, 0.15) is 18.5 Å². The minimum atomic E-state index is -3.47. The number of alkyl halides is 2. The zero-order chi connectivity index (χ0) is 28.8. The Morgan fingerprint density at radius 1 is 0.951 bits per heavy atom. The van der Waals surface area contributed by atoms with Gasteiger partial charge in [0, 0.05) is 24.0 Å². The number of fused-ring (bicyclic) bond motifs is 8. The Hall–Kier alpha value is -3.31. The number of rotatable bonds is 3. The largest absolute Gasteiger partial charge is 0.493 e. The normalized spacial score (nSPS) is 22.1. The van der Waals surface area contributed by atoms with E-state index >= 15 is 13.2 Å². The van der Waals surface area contributed by atoms with Gasteiger partial charge >= 0.3 is 0 Å². The third kappa shape index (κ3) is 6.78. The molecule has 1 aromatic heterocycles. The van der Waals surface area contributed by atoms with Gasteiger partial charge in [-0.15, -0.1) is 10.2 Å². The van der Waals surface area contributed by atoms with Gasteiger partial charge in [0.2, 0.25) is 5.88 Å². The minimum absolute atomic E-state index is 0.0694. The van der Waals surface area contributed by atoms with Crippen molar-refractivity contribution in [2.75, 3.05) is 45.5 Å². The predicted octanol–water partition coefficient (Wildman–Crippen LogP) is 6.57. The molecule has 222 valence electrons. The number of benzene rings is 2. The second-order valence-corrected chi connectivity index (χ2v) is 10.5. The summed E-state index contributed by atoms with van der Waals surface area (Å²) in [4.78, 5) is 0. The molecule has 3 heterocycles. The summed E-state index contributed by atoms with van der Waals surface area (Å²) in [7, 11) is 1.56. The van der Waals surface area contributed by atoms with Crippen LogP contribution in [0.3, 0.4) is 0 Å². The second-order valence-electron chi connectivity index (χ2n) is 10.5. The SMILES string of the molecule is COc1cc2c3nnc(c2cc1OC1CCOC1)N[C@H](C)c1cccc(c1F)C(F)(F)COCCCCCCCO3. The van der Waals surface area contributed by atoms with Crippen LogP contribution >= 0.6 is 0 Å². The highest BCUT2D eigenvalue weighted by Crippen LogP contribution is 2.40. The lowest BCUT2D eigenvalue weighted by molar-refractivity contribution is -0.0853. The fourth-order valence-corrected chi connectivity index (χ4v) is 5.12. The molecule has 0 spiro atoms. The number of halogens is 3. The molecule has 0 aliphatic carbocycles. The maximum atomic E-state index is 15.5. The Labute approximate surface area is 237 Å². The summed E-state index contributed by atoms with van der Waals surface area (Å²) >= 11 is 0. The fourth-order valence-electron chi connectivity index (χ4n) is 5.12. The number of hydrogen-bond acceptors (Lipinski definition) is 8. The molecule has 0 amide bonds. The lowest BCUT2D eigenvalue weighted by Gasteiger charge is -2.22. The van der Waals surface area contributed by atoms with Crippen molar-refractivity contribution in [1.29, 1.82) is 0 Å². The van der Waals surface area contributed by atoms with Gasteiger partial charge in [0.05, 0.1) is 43.9 Å². The first-order chi connectivity index (χ1) is 19.9. The second kappa shape index (κ2) is 13.1. The highest BCUT2D eigenvalue weighted by Gasteiger charge is 2.36. The average Bonchev–Trinajstić information content (AvgIpc) is 3.47. The molecular formula is C30H36F3N3O5. The molecule has 4 bridgehead atoms. The molecule has 2 aliphatic heterocycles. The predicted molar refractivity (Wildman–Crippen MR) is 148 cm³/mol. The van der Waals surface area contributed by atoms with E-state index in [1.807, 2.05) is 0 Å². The van der Waals surface area contributed by atoms with Crippen LogP contribution in [0.15, 0.2) is 30.3 Å². The quantitative estimate of drug-likeness (QED) is 0.376. The van der Waals surface area contributed by atoms with Crippen LogP contribution in [-0.4, -0.2) is 56.4 Å². The molecular weight excluding hydrogens is 539 g/mol. The summed E-state index contributed by atoms with van der Waals surface area (Å²) in [5.41, 5.74) is -0.628. The molecule has 3 aromatic rings. The summed E-state index contributed by atoms with van der Waals surface area (Å²) < 4.78 is 74.1. The van der Waals surface area contributed by atoms with E-state index in [0.29, 0.717) is 60.2 Å². The van der Waals surface area contributed by atoms with Crippen LogP contribution in [0.5, 0.6) is 17.4 Å². The maximum Gasteiger partial charge on any atom is 0.298 e. The molecule has 1 N–H and O–H groups in total. The fraction of sp³-hybridized carbons (Fsp3) is 0.533. The molecule has 2 aliphatic rings. The number of anilines is 1. The highest BCUT2D eigenvalue weighted by molar-refractivity contribution is 5.97. The lowest BCUT2D eigenvalue weighted by atomic mass is 10.00. The Morgan fingerprint density at radius 3 is 2.51 bits per heavy atom. The third-order valence-electron chi connectivity index (χ3n) is 7.41. The maximum absolute atomic E-state index is 15.5. The van der Waals surface area contributed by atoms with Crippen molar-refractivity contribution >= 4 is 16.6 Å². The Balaban J connectivity index is 1.55. The summed E-state index contributed by atoms with van der Waals surface area (Å²) in [6, 6.07) is 6.85. The van der Waals surface area contributed by atoms with Gasteiger partial charge in [0.15, 0.2) is 17.3 Å². The molecule has 1 saturated heterocycles. The first-order valence-corrected chi connectivity index (χ1v) is 14.1. The van der Waals surface area contributed by atoms with Crippen LogP contribution in [0, 0.1) is 5.82 Å². The number of nitrogens with one attached hydrogen (secondary N) is 1. The van der Waals surface area contributed by atoms with Crippen molar-refractivity contribution in [1.82, 2.24) is 10.2 Å². The van der Waals surface area contributed by atoms with E-state index in [4.69, 9.17) is 23.7 Å². The van der Waals surface area contributed by atoms with Gasteiger partial charge in [-0.3, -0.25) is 0 Å². The van der Waals surface area contributed by atoms with E-state index in [2.05, 4.69) is 15.5 Å². The van der Waals surface area contributed by atoms with Crippen molar-refractivity contribution in [2.24, 2.45) is 0 Å². The van der Waals surface area contributed by atoms with E-state index < -0.39 is 30.0 Å². The first-order valence-electron chi connectivity index (χ1n) is 14.1. The van der Waals surface area contributed by atoms with E-state index in [1.165, 1.54) is 12.1 Å². The van der Waals surface area contributed by atoms with Gasteiger partial charge in [-0.25, -0.2) is 4.39 Å². The number of methoxy groups -OCH3 is 1. The topological polar surface area (TPSA) is 84.0 Å². The van der Waals surface area contributed by atoms with Crippen LogP contribution in [0.2, 0.25) is 0 Å². The summed E-state index contributed by atoms with van der Waals surface area (Å²) in [6.07, 6.45) is 4.71. The lowest BCUT2D eigenvalue weighted by Crippen LogP contribution is -2.24. The van der Waals surface area contributed by atoms with Crippen molar-refractivity contribution in [3.8, 4) is 17.4 Å².